The molecule has 12 heteroatoms. The molecule has 1 rings (SSSR count). The van der Waals surface area contributed by atoms with Crippen LogP contribution >= 0.6 is 23.8 Å². The first-order valence-electron chi connectivity index (χ1n) is 7.85. The first kappa shape index (κ1) is 22.7. The van der Waals surface area contributed by atoms with E-state index in [9.17, 15) is 9.13 Å². The lowest BCUT2D eigenvalue weighted by molar-refractivity contribution is 0.0967. The van der Waals surface area contributed by atoms with Gasteiger partial charge in [-0.15, -0.1) is 0 Å². The second-order valence-corrected chi connectivity index (χ2v) is 10.8. The standard InChI is InChI=1S/C12H27O9P3/c1-6-17-23(13,18-7-2)12(5,21-22-15-10-11-16-22)24(14,19-8-3)20-9-4/h6-11H2,1-5H3. The van der Waals surface area contributed by atoms with Gasteiger partial charge < -0.3 is 27.1 Å². The van der Waals surface area contributed by atoms with Gasteiger partial charge >= 0.3 is 23.8 Å². The zero-order chi connectivity index (χ0) is 18.3. The Morgan fingerprint density at radius 3 is 1.46 bits per heavy atom. The molecule has 1 fully saturated rings. The molecule has 24 heavy (non-hydrogen) atoms. The summed E-state index contributed by atoms with van der Waals surface area (Å²) in [6.07, 6.45) is 0. The quantitative estimate of drug-likeness (QED) is 0.433. The fourth-order valence-electron chi connectivity index (χ4n) is 1.94. The Bertz CT molecular complexity index is 417. The summed E-state index contributed by atoms with van der Waals surface area (Å²) in [7, 11) is -9.98. The Morgan fingerprint density at radius 2 is 1.17 bits per heavy atom. The summed E-state index contributed by atoms with van der Waals surface area (Å²) in [5.74, 6) is 0. The van der Waals surface area contributed by atoms with Gasteiger partial charge in [0.1, 0.15) is 0 Å². The molecule has 9 nitrogen and oxygen atoms in total. The van der Waals surface area contributed by atoms with Crippen molar-refractivity contribution in [2.24, 2.45) is 0 Å². The van der Waals surface area contributed by atoms with Gasteiger partial charge in [0.2, 0.25) is 0 Å². The highest BCUT2D eigenvalue weighted by Crippen LogP contribution is 2.80. The first-order valence-corrected chi connectivity index (χ1v) is 12.0. The summed E-state index contributed by atoms with van der Waals surface area (Å²) in [5.41, 5.74) is 0. The lowest BCUT2D eigenvalue weighted by atomic mass is 10.8. The third kappa shape index (κ3) is 4.86. The zero-order valence-electron chi connectivity index (χ0n) is 14.8. The van der Waals surface area contributed by atoms with Crippen LogP contribution in [0.4, 0.5) is 0 Å². The van der Waals surface area contributed by atoms with E-state index in [0.717, 1.165) is 0 Å². The molecule has 1 saturated heterocycles. The van der Waals surface area contributed by atoms with Crippen LogP contribution in [0.15, 0.2) is 0 Å². The highest BCUT2D eigenvalue weighted by Gasteiger charge is 2.65. The number of rotatable bonds is 12. The van der Waals surface area contributed by atoms with E-state index >= 15 is 0 Å². The maximum absolute atomic E-state index is 13.4. The maximum atomic E-state index is 13.4. The third-order valence-electron chi connectivity index (χ3n) is 2.94. The molecular formula is C12H27O9P3. The Balaban J connectivity index is 3.35. The van der Waals surface area contributed by atoms with E-state index < -0.39 is 28.9 Å². The summed E-state index contributed by atoms with van der Waals surface area (Å²) in [4.78, 5) is 0. The van der Waals surface area contributed by atoms with E-state index in [2.05, 4.69) is 0 Å². The Hall–Kier alpha value is 0.610. The molecule has 0 radical (unpaired) electrons. The predicted octanol–water partition coefficient (Wildman–Crippen LogP) is 4.48. The van der Waals surface area contributed by atoms with E-state index in [1.807, 2.05) is 0 Å². The van der Waals surface area contributed by atoms with Crippen LogP contribution in [-0.2, 0) is 40.8 Å². The third-order valence-corrected chi connectivity index (χ3v) is 10.6. The molecule has 0 unspecified atom stereocenters. The van der Waals surface area contributed by atoms with Crippen molar-refractivity contribution in [3.63, 3.8) is 0 Å². The molecule has 0 aromatic heterocycles. The maximum Gasteiger partial charge on any atom is 0.374 e. The van der Waals surface area contributed by atoms with Crippen molar-refractivity contribution in [1.29, 1.82) is 0 Å². The minimum Gasteiger partial charge on any atom is -0.310 e. The van der Waals surface area contributed by atoms with Gasteiger partial charge in [-0.1, -0.05) is 0 Å². The molecule has 0 aliphatic carbocycles. The monoisotopic (exact) mass is 408 g/mol. The van der Waals surface area contributed by atoms with Crippen LogP contribution in [0.25, 0.3) is 0 Å². The molecule has 144 valence electrons. The Kier molecular flexibility index (Phi) is 9.51. The number of hydrogen-bond acceptors (Lipinski definition) is 9. The molecule has 0 aromatic carbocycles. The van der Waals surface area contributed by atoms with E-state index in [-0.39, 0.29) is 26.4 Å². The van der Waals surface area contributed by atoms with E-state index in [4.69, 9.17) is 31.7 Å². The van der Waals surface area contributed by atoms with Crippen molar-refractivity contribution in [2.45, 2.75) is 39.7 Å². The van der Waals surface area contributed by atoms with Crippen LogP contribution in [0.5, 0.6) is 0 Å². The van der Waals surface area contributed by atoms with Crippen LogP contribution in [0.3, 0.4) is 0 Å². The predicted molar refractivity (Wildman–Crippen MR) is 90.0 cm³/mol. The van der Waals surface area contributed by atoms with Gasteiger partial charge in [-0.3, -0.25) is 13.7 Å². The molecule has 1 aliphatic rings. The molecule has 0 spiro atoms. The van der Waals surface area contributed by atoms with Crippen LogP contribution in [-0.4, -0.2) is 44.7 Å². The fourth-order valence-corrected chi connectivity index (χ4v) is 8.41. The van der Waals surface area contributed by atoms with Crippen LogP contribution in [0.2, 0.25) is 0 Å². The Labute approximate surface area is 144 Å². The van der Waals surface area contributed by atoms with Gasteiger partial charge in [0.15, 0.2) is 0 Å². The minimum atomic E-state index is -4.05. The van der Waals surface area contributed by atoms with Crippen LogP contribution in [0.1, 0.15) is 34.6 Å². The van der Waals surface area contributed by atoms with Crippen LogP contribution in [0, 0.1) is 0 Å². The van der Waals surface area contributed by atoms with E-state index in [1.54, 1.807) is 27.7 Å². The van der Waals surface area contributed by atoms with E-state index in [0.29, 0.717) is 13.2 Å². The number of hydrogen-bond donors (Lipinski definition) is 0. The molecule has 0 atom stereocenters. The topological polar surface area (TPSA) is 98.8 Å². The largest absolute Gasteiger partial charge is 0.374 e. The highest BCUT2D eigenvalue weighted by molar-refractivity contribution is 7.74. The second-order valence-electron chi connectivity index (χ2n) is 4.58. The van der Waals surface area contributed by atoms with Crippen molar-refractivity contribution in [3.05, 3.63) is 0 Å². The average molecular weight is 408 g/mol. The summed E-state index contributed by atoms with van der Waals surface area (Å²) in [6, 6.07) is 0. The summed E-state index contributed by atoms with van der Waals surface area (Å²) >= 11 is 0. The second kappa shape index (κ2) is 10.1. The molecule has 1 aliphatic heterocycles. The molecule has 0 N–H and O–H groups in total. The van der Waals surface area contributed by atoms with Gasteiger partial charge in [-0.25, -0.2) is 0 Å². The van der Waals surface area contributed by atoms with Crippen molar-refractivity contribution < 1.29 is 40.8 Å². The van der Waals surface area contributed by atoms with Crippen molar-refractivity contribution >= 4 is 23.8 Å². The molecule has 0 bridgehead atoms. The van der Waals surface area contributed by atoms with Crippen molar-refractivity contribution in [1.82, 2.24) is 0 Å². The Morgan fingerprint density at radius 1 is 0.833 bits per heavy atom. The van der Waals surface area contributed by atoms with Gasteiger partial charge in [0, 0.05) is 0 Å². The zero-order valence-corrected chi connectivity index (χ0v) is 17.4. The van der Waals surface area contributed by atoms with Gasteiger partial charge in [-0.2, -0.15) is 0 Å². The van der Waals surface area contributed by atoms with Crippen molar-refractivity contribution in [3.8, 4) is 0 Å². The summed E-state index contributed by atoms with van der Waals surface area (Å²) in [6.45, 7) is 8.81. The van der Waals surface area contributed by atoms with Crippen LogP contribution < -0.4 is 0 Å². The first-order chi connectivity index (χ1) is 11.3. The average Bonchev–Trinajstić information content (AvgIpc) is 3.00. The molecule has 0 aromatic rings. The molecule has 0 amide bonds. The smallest absolute Gasteiger partial charge is 0.310 e. The highest BCUT2D eigenvalue weighted by atomic mass is 31.2. The fraction of sp³-hybridized carbons (Fsp3) is 1.00. The molecule has 0 saturated carbocycles. The SMILES string of the molecule is CCOP(=O)(OCC)C(C)(OP1OCCO1)P(=O)(OCC)OCC. The summed E-state index contributed by atoms with van der Waals surface area (Å²) in [5, 5.41) is -2.02. The normalized spacial score (nSPS) is 17.5. The molecule has 1 heterocycles. The minimum absolute atomic E-state index is 0.0636. The lowest BCUT2D eigenvalue weighted by Crippen LogP contribution is -2.32. The molecular weight excluding hydrogens is 381 g/mol. The van der Waals surface area contributed by atoms with Crippen molar-refractivity contribution in [2.75, 3.05) is 39.6 Å². The summed E-state index contributed by atoms with van der Waals surface area (Å²) < 4.78 is 64.6. The lowest BCUT2D eigenvalue weighted by Gasteiger charge is -2.39. The van der Waals surface area contributed by atoms with Gasteiger partial charge in [-0.05, 0) is 34.6 Å². The van der Waals surface area contributed by atoms with Gasteiger partial charge in [0.25, 0.3) is 5.08 Å². The van der Waals surface area contributed by atoms with E-state index in [1.165, 1.54) is 6.92 Å². The van der Waals surface area contributed by atoms with Gasteiger partial charge in [0.05, 0.1) is 39.6 Å².